The number of aromatic nitrogens is 1. The average molecular weight is 289 g/mol. The first kappa shape index (κ1) is 13.6. The monoisotopic (exact) mass is 289 g/mol. The normalized spacial score (nSPS) is 16.6. The minimum atomic E-state index is -3.32. The first-order valence-corrected chi connectivity index (χ1v) is 8.80. The maximum atomic E-state index is 11.8. The van der Waals surface area contributed by atoms with E-state index < -0.39 is 9.84 Å². The van der Waals surface area contributed by atoms with Gasteiger partial charge >= 0.3 is 0 Å². The van der Waals surface area contributed by atoms with Gasteiger partial charge in [-0.1, -0.05) is 6.42 Å². The Labute approximate surface area is 112 Å². The van der Waals surface area contributed by atoms with Crippen LogP contribution in [-0.4, -0.2) is 32.1 Å². The summed E-state index contributed by atoms with van der Waals surface area (Å²) in [5, 5.41) is 0.699. The molecule has 0 radical (unpaired) electrons. The van der Waals surface area contributed by atoms with Crippen LogP contribution in [0.15, 0.2) is 4.90 Å². The predicted molar refractivity (Wildman–Crippen MR) is 74.9 cm³/mol. The first-order valence-electron chi connectivity index (χ1n) is 6.13. The third kappa shape index (κ3) is 2.61. The molecule has 0 aliphatic heterocycles. The zero-order valence-corrected chi connectivity index (χ0v) is 12.4. The maximum absolute atomic E-state index is 11.8. The zero-order valence-electron chi connectivity index (χ0n) is 10.7. The molecule has 0 amide bonds. The second-order valence-corrected chi connectivity index (χ2v) is 7.51. The molecule has 2 rings (SSSR count). The summed E-state index contributed by atoms with van der Waals surface area (Å²) in [5.74, 6) is 0.810. The average Bonchev–Trinajstić information content (AvgIpc) is 2.58. The molecule has 1 aliphatic rings. The van der Waals surface area contributed by atoms with Crippen molar-refractivity contribution in [3.63, 3.8) is 0 Å². The largest absolute Gasteiger partial charge is 0.382 e. The summed E-state index contributed by atoms with van der Waals surface area (Å²) < 4.78 is 27.6. The molecule has 18 heavy (non-hydrogen) atoms. The molecule has 1 fully saturated rings. The highest BCUT2D eigenvalue weighted by molar-refractivity contribution is 7.91. The van der Waals surface area contributed by atoms with Crippen LogP contribution in [0.1, 0.15) is 26.2 Å². The van der Waals surface area contributed by atoms with Gasteiger partial charge in [0.2, 0.25) is 0 Å². The van der Waals surface area contributed by atoms with Crippen molar-refractivity contribution in [3.05, 3.63) is 0 Å². The Morgan fingerprint density at radius 3 is 2.61 bits per heavy atom. The number of anilines is 2. The molecule has 7 heteroatoms. The van der Waals surface area contributed by atoms with Crippen molar-refractivity contribution in [1.82, 2.24) is 4.37 Å². The molecule has 102 valence electrons. The van der Waals surface area contributed by atoms with Crippen molar-refractivity contribution < 1.29 is 8.42 Å². The Morgan fingerprint density at radius 2 is 2.17 bits per heavy atom. The van der Waals surface area contributed by atoms with Crippen LogP contribution < -0.4 is 10.6 Å². The summed E-state index contributed by atoms with van der Waals surface area (Å²) in [5.41, 5.74) is 5.69. The summed E-state index contributed by atoms with van der Waals surface area (Å²) in [6, 6.07) is 0. The lowest BCUT2D eigenvalue weighted by Gasteiger charge is -2.32. The second kappa shape index (κ2) is 5.05. The topological polar surface area (TPSA) is 76.3 Å². The standard InChI is InChI=1S/C11H19N3O2S2/c1-3-14(7-8-5-4-6-8)11-9(18(2,15)16)10(12)13-17-11/h8H,3-7H2,1-2H3,(H2,12,13). The van der Waals surface area contributed by atoms with Gasteiger partial charge in [-0.3, -0.25) is 0 Å². The van der Waals surface area contributed by atoms with Gasteiger partial charge in [0.15, 0.2) is 15.7 Å². The first-order chi connectivity index (χ1) is 8.43. The van der Waals surface area contributed by atoms with E-state index in [0.29, 0.717) is 10.9 Å². The van der Waals surface area contributed by atoms with Crippen LogP contribution in [-0.2, 0) is 9.84 Å². The SMILES string of the molecule is CCN(CC1CCC1)c1snc(N)c1S(C)(=O)=O. The van der Waals surface area contributed by atoms with Gasteiger partial charge in [-0.2, -0.15) is 4.37 Å². The number of hydrogen-bond acceptors (Lipinski definition) is 6. The van der Waals surface area contributed by atoms with Crippen molar-refractivity contribution in [2.24, 2.45) is 5.92 Å². The van der Waals surface area contributed by atoms with Gasteiger partial charge in [0.25, 0.3) is 0 Å². The highest BCUT2D eigenvalue weighted by Gasteiger charge is 2.27. The summed E-state index contributed by atoms with van der Waals surface area (Å²) in [4.78, 5) is 2.29. The van der Waals surface area contributed by atoms with Crippen molar-refractivity contribution in [1.29, 1.82) is 0 Å². The van der Waals surface area contributed by atoms with Gasteiger partial charge in [-0.15, -0.1) is 0 Å². The van der Waals surface area contributed by atoms with Crippen LogP contribution in [0.2, 0.25) is 0 Å². The highest BCUT2D eigenvalue weighted by Crippen LogP contribution is 2.36. The van der Waals surface area contributed by atoms with Crippen LogP contribution >= 0.6 is 11.5 Å². The van der Waals surface area contributed by atoms with Gasteiger partial charge in [-0.05, 0) is 37.2 Å². The number of hydrogen-bond donors (Lipinski definition) is 1. The van der Waals surface area contributed by atoms with Crippen LogP contribution in [0.25, 0.3) is 0 Å². The fourth-order valence-corrected chi connectivity index (χ4v) is 4.46. The number of rotatable bonds is 5. The quantitative estimate of drug-likeness (QED) is 0.893. The Bertz CT molecular complexity index is 520. The highest BCUT2D eigenvalue weighted by atomic mass is 32.2. The summed E-state index contributed by atoms with van der Waals surface area (Å²) >= 11 is 1.18. The summed E-state index contributed by atoms with van der Waals surface area (Å²) in [7, 11) is -3.32. The molecule has 1 saturated carbocycles. The van der Waals surface area contributed by atoms with Crippen LogP contribution in [0.4, 0.5) is 10.8 Å². The molecule has 0 atom stereocenters. The smallest absolute Gasteiger partial charge is 0.182 e. The number of sulfone groups is 1. The van der Waals surface area contributed by atoms with E-state index in [-0.39, 0.29) is 10.7 Å². The molecule has 1 heterocycles. The van der Waals surface area contributed by atoms with E-state index >= 15 is 0 Å². The Morgan fingerprint density at radius 1 is 1.50 bits per heavy atom. The fraction of sp³-hybridized carbons (Fsp3) is 0.727. The minimum absolute atomic E-state index is 0.129. The van der Waals surface area contributed by atoms with E-state index in [1.54, 1.807) is 0 Å². The molecule has 0 bridgehead atoms. The van der Waals surface area contributed by atoms with Gasteiger partial charge < -0.3 is 10.6 Å². The van der Waals surface area contributed by atoms with E-state index in [1.807, 2.05) is 6.92 Å². The predicted octanol–water partition coefficient (Wildman–Crippen LogP) is 1.76. The van der Waals surface area contributed by atoms with Gasteiger partial charge in [-0.25, -0.2) is 8.42 Å². The second-order valence-electron chi connectivity index (χ2n) is 4.81. The Balaban J connectivity index is 2.30. The Kier molecular flexibility index (Phi) is 3.82. The van der Waals surface area contributed by atoms with E-state index in [2.05, 4.69) is 9.27 Å². The van der Waals surface area contributed by atoms with E-state index in [9.17, 15) is 8.42 Å². The molecule has 0 unspecified atom stereocenters. The van der Waals surface area contributed by atoms with E-state index in [0.717, 1.165) is 13.1 Å². The third-order valence-corrected chi connectivity index (χ3v) is 5.60. The minimum Gasteiger partial charge on any atom is -0.382 e. The van der Waals surface area contributed by atoms with E-state index in [4.69, 9.17) is 5.73 Å². The van der Waals surface area contributed by atoms with Crippen molar-refractivity contribution in [3.8, 4) is 0 Å². The molecular weight excluding hydrogens is 270 g/mol. The van der Waals surface area contributed by atoms with Crippen LogP contribution in [0, 0.1) is 5.92 Å². The zero-order chi connectivity index (χ0) is 13.3. The number of nitrogens with two attached hydrogens (primary N) is 1. The lowest BCUT2D eigenvalue weighted by Crippen LogP contribution is -2.32. The molecule has 2 N–H and O–H groups in total. The molecular formula is C11H19N3O2S2. The molecule has 0 aromatic carbocycles. The fourth-order valence-electron chi connectivity index (χ4n) is 2.18. The van der Waals surface area contributed by atoms with Crippen molar-refractivity contribution in [2.75, 3.05) is 30.0 Å². The molecule has 0 saturated heterocycles. The van der Waals surface area contributed by atoms with Crippen LogP contribution in [0.5, 0.6) is 0 Å². The summed E-state index contributed by atoms with van der Waals surface area (Å²) in [6.07, 6.45) is 4.94. The molecule has 0 spiro atoms. The van der Waals surface area contributed by atoms with Gasteiger partial charge in [0.1, 0.15) is 9.90 Å². The van der Waals surface area contributed by atoms with Crippen LogP contribution in [0.3, 0.4) is 0 Å². The maximum Gasteiger partial charge on any atom is 0.182 e. The van der Waals surface area contributed by atoms with Gasteiger partial charge in [0.05, 0.1) is 0 Å². The third-order valence-electron chi connectivity index (χ3n) is 3.40. The molecule has 1 aromatic heterocycles. The molecule has 5 nitrogen and oxygen atoms in total. The lowest BCUT2D eigenvalue weighted by molar-refractivity contribution is 0.318. The summed E-state index contributed by atoms with van der Waals surface area (Å²) in [6.45, 7) is 3.71. The van der Waals surface area contributed by atoms with Gasteiger partial charge in [0, 0.05) is 19.3 Å². The van der Waals surface area contributed by atoms with E-state index in [1.165, 1.54) is 37.1 Å². The molecule has 1 aliphatic carbocycles. The Hall–Kier alpha value is -0.820. The number of nitrogen functional groups attached to an aromatic ring is 1. The van der Waals surface area contributed by atoms with Crippen molar-refractivity contribution in [2.45, 2.75) is 31.1 Å². The molecule has 1 aromatic rings. The number of nitrogens with zero attached hydrogens (tertiary/aromatic N) is 2. The van der Waals surface area contributed by atoms with Crippen molar-refractivity contribution >= 4 is 32.2 Å². The lowest BCUT2D eigenvalue weighted by atomic mass is 9.85.